The van der Waals surface area contributed by atoms with E-state index in [2.05, 4.69) is 6.42 Å². The minimum Gasteiger partial charge on any atom is -1.00 e. The van der Waals surface area contributed by atoms with E-state index in [-0.39, 0.29) is 47.4 Å². The molecular weight excluding hydrogens is 163 g/mol. The molecular formula is C5H6BrLiO. The third-order valence-electron chi connectivity index (χ3n) is 1.65. The molecule has 8 heavy (non-hydrogen) atoms. The first-order valence-electron chi connectivity index (χ1n) is 2.29. The van der Waals surface area contributed by atoms with Gasteiger partial charge >= 0.3 is 18.9 Å². The number of halogens is 1. The second-order valence-corrected chi connectivity index (χ2v) is 2.20. The van der Waals surface area contributed by atoms with Crippen LogP contribution in [0.15, 0.2) is 0 Å². The Labute approximate surface area is 71.8 Å². The molecule has 2 aliphatic carbocycles. The molecule has 2 saturated carbocycles. The van der Waals surface area contributed by atoms with Crippen molar-refractivity contribution in [1.82, 2.24) is 0 Å². The second kappa shape index (κ2) is 2.34. The first-order chi connectivity index (χ1) is 2.83. The maximum absolute atomic E-state index is 8.65. The van der Waals surface area contributed by atoms with Gasteiger partial charge in [-0.15, -0.1) is 0 Å². The molecule has 1 unspecified atom stereocenters. The number of aliphatic hydroxyl groups excluding tert-OH is 1. The van der Waals surface area contributed by atoms with Gasteiger partial charge in [0.15, 0.2) is 0 Å². The minimum absolute atomic E-state index is 0. The van der Waals surface area contributed by atoms with Crippen molar-refractivity contribution in [1.29, 1.82) is 0 Å². The molecule has 0 bridgehead atoms. The molecule has 0 heterocycles. The number of hydrogen-bond acceptors (Lipinski definition) is 1. The van der Waals surface area contributed by atoms with Crippen molar-refractivity contribution in [3.8, 4) is 0 Å². The summed E-state index contributed by atoms with van der Waals surface area (Å²) in [7, 11) is 0. The summed E-state index contributed by atoms with van der Waals surface area (Å²) in [5.41, 5.74) is 0.264. The van der Waals surface area contributed by atoms with Crippen LogP contribution in [0.25, 0.3) is 0 Å². The van der Waals surface area contributed by atoms with Crippen LogP contribution in [0.2, 0.25) is 0 Å². The molecule has 40 valence electrons. The maximum atomic E-state index is 8.65. The molecule has 0 aromatic rings. The zero-order valence-corrected chi connectivity index (χ0v) is 6.40. The van der Waals surface area contributed by atoms with E-state index < -0.39 is 0 Å². The van der Waals surface area contributed by atoms with Crippen molar-refractivity contribution in [3.05, 3.63) is 6.42 Å². The average Bonchev–Trinajstić information content (AvgIpc) is 2.25. The summed E-state index contributed by atoms with van der Waals surface area (Å²) in [4.78, 5) is 0. The van der Waals surface area contributed by atoms with Crippen molar-refractivity contribution in [2.75, 3.05) is 0 Å². The van der Waals surface area contributed by atoms with Crippen LogP contribution >= 0.6 is 0 Å². The van der Waals surface area contributed by atoms with Gasteiger partial charge < -0.3 is 22.1 Å². The minimum atomic E-state index is -0.141. The van der Waals surface area contributed by atoms with E-state index in [1.807, 2.05) is 0 Å². The summed E-state index contributed by atoms with van der Waals surface area (Å²) in [6.07, 6.45) is 5.17. The van der Waals surface area contributed by atoms with Crippen LogP contribution in [0.5, 0.6) is 0 Å². The Hall–Kier alpha value is 1.04. The summed E-state index contributed by atoms with van der Waals surface area (Å²) < 4.78 is 0. The van der Waals surface area contributed by atoms with Crippen molar-refractivity contribution >= 4 is 0 Å². The second-order valence-electron chi connectivity index (χ2n) is 2.20. The van der Waals surface area contributed by atoms with Gasteiger partial charge in [0.25, 0.3) is 0 Å². The summed E-state index contributed by atoms with van der Waals surface area (Å²) in [6.45, 7) is 0. The van der Waals surface area contributed by atoms with Crippen LogP contribution in [0.4, 0.5) is 0 Å². The largest absolute Gasteiger partial charge is 1.00 e. The number of hydrogen-bond donors (Lipinski definition) is 1. The number of rotatable bonds is 0. The predicted molar refractivity (Wildman–Crippen MR) is 20.9 cm³/mol. The molecule has 0 saturated heterocycles. The van der Waals surface area contributed by atoms with Crippen LogP contribution in [0.3, 0.4) is 0 Å². The van der Waals surface area contributed by atoms with E-state index in [4.69, 9.17) is 5.11 Å². The fourth-order valence-electron chi connectivity index (χ4n) is 0.783. The summed E-state index contributed by atoms with van der Waals surface area (Å²) in [6, 6.07) is 0. The molecule has 2 aliphatic rings. The third-order valence-corrected chi connectivity index (χ3v) is 1.65. The zero-order chi connectivity index (χ0) is 4.20. The van der Waals surface area contributed by atoms with E-state index in [0.717, 1.165) is 0 Å². The fraction of sp³-hybridized carbons (Fsp3) is 0.800. The molecule has 0 amide bonds. The molecule has 2 rings (SSSR count). The van der Waals surface area contributed by atoms with Gasteiger partial charge in [0, 0.05) is 11.8 Å². The van der Waals surface area contributed by atoms with Gasteiger partial charge in [0.2, 0.25) is 0 Å². The van der Waals surface area contributed by atoms with Gasteiger partial charge in [-0.05, 0) is 12.8 Å². The first-order valence-corrected chi connectivity index (χ1v) is 2.29. The molecule has 0 aromatic carbocycles. The molecule has 2 fully saturated rings. The van der Waals surface area contributed by atoms with Gasteiger partial charge in [-0.3, -0.25) is 0 Å². The SMILES string of the molecule is OC1[C]C12CC2.[Br-].[Li+]. The van der Waals surface area contributed by atoms with Crippen molar-refractivity contribution in [2.24, 2.45) is 5.41 Å². The predicted octanol–water partition coefficient (Wildman–Crippen LogP) is -5.77. The first kappa shape index (κ1) is 9.04. The van der Waals surface area contributed by atoms with Crippen molar-refractivity contribution in [2.45, 2.75) is 18.9 Å². The third kappa shape index (κ3) is 1.13. The van der Waals surface area contributed by atoms with Gasteiger partial charge in [0.1, 0.15) is 0 Å². The summed E-state index contributed by atoms with van der Waals surface area (Å²) in [5, 5.41) is 8.65. The summed E-state index contributed by atoms with van der Waals surface area (Å²) >= 11 is 0. The van der Waals surface area contributed by atoms with E-state index in [9.17, 15) is 0 Å². The van der Waals surface area contributed by atoms with Crippen molar-refractivity contribution < 1.29 is 40.9 Å². The van der Waals surface area contributed by atoms with E-state index in [1.165, 1.54) is 12.8 Å². The topological polar surface area (TPSA) is 20.2 Å². The van der Waals surface area contributed by atoms with Crippen LogP contribution < -0.4 is 35.8 Å². The molecule has 1 atom stereocenters. The Morgan fingerprint density at radius 3 is 1.88 bits per heavy atom. The van der Waals surface area contributed by atoms with Crippen LogP contribution in [-0.4, -0.2) is 11.2 Å². The standard InChI is InChI=1S/C5H6O.BrH.Li/c6-4-3-5(4)1-2-5;;/h4,6H,1-2H2;1H;/q;;+1/p-1. The van der Waals surface area contributed by atoms with E-state index in [0.29, 0.717) is 0 Å². The van der Waals surface area contributed by atoms with Gasteiger partial charge in [-0.25, -0.2) is 0 Å². The molecule has 2 radical (unpaired) electrons. The van der Waals surface area contributed by atoms with Gasteiger partial charge in [-0.2, -0.15) is 0 Å². The fourth-order valence-corrected chi connectivity index (χ4v) is 0.783. The Balaban J connectivity index is 0.000000245. The van der Waals surface area contributed by atoms with E-state index >= 15 is 0 Å². The van der Waals surface area contributed by atoms with Crippen LogP contribution in [-0.2, 0) is 0 Å². The monoisotopic (exact) mass is 168 g/mol. The zero-order valence-electron chi connectivity index (χ0n) is 4.82. The number of aliphatic hydroxyl groups is 1. The molecule has 1 spiro atoms. The Bertz CT molecular complexity index is 92.4. The Morgan fingerprint density at radius 2 is 1.88 bits per heavy atom. The molecule has 0 aromatic heterocycles. The van der Waals surface area contributed by atoms with Crippen LogP contribution in [0, 0.1) is 11.8 Å². The Morgan fingerprint density at radius 1 is 1.50 bits per heavy atom. The smallest absolute Gasteiger partial charge is 1.00 e. The van der Waals surface area contributed by atoms with Crippen molar-refractivity contribution in [3.63, 3.8) is 0 Å². The van der Waals surface area contributed by atoms with E-state index in [1.54, 1.807) is 0 Å². The van der Waals surface area contributed by atoms with Gasteiger partial charge in [-0.1, -0.05) is 0 Å². The maximum Gasteiger partial charge on any atom is 1.00 e. The average molecular weight is 169 g/mol. The quantitative estimate of drug-likeness (QED) is 0.358. The molecule has 0 aliphatic heterocycles. The normalized spacial score (nSPS) is 34.9. The van der Waals surface area contributed by atoms with Gasteiger partial charge in [0.05, 0.1) is 6.10 Å². The molecule has 1 nitrogen and oxygen atoms in total. The Kier molecular flexibility index (Phi) is 2.65. The van der Waals surface area contributed by atoms with Crippen LogP contribution in [0.1, 0.15) is 12.8 Å². The molecule has 3 heteroatoms. The molecule has 1 N–H and O–H groups in total. The summed E-state index contributed by atoms with van der Waals surface area (Å²) in [5.74, 6) is 0.